The predicted molar refractivity (Wildman–Crippen MR) is 69.2 cm³/mol. The van der Waals surface area contributed by atoms with Crippen LogP contribution in [0, 0.1) is 6.92 Å². The summed E-state index contributed by atoms with van der Waals surface area (Å²) >= 11 is 0. The van der Waals surface area contributed by atoms with Crippen molar-refractivity contribution in [3.05, 3.63) is 35.7 Å². The van der Waals surface area contributed by atoms with Gasteiger partial charge in [-0.25, -0.2) is 8.78 Å². The van der Waals surface area contributed by atoms with Gasteiger partial charge in [0.15, 0.2) is 0 Å². The first-order valence-electron chi connectivity index (χ1n) is 6.35. The van der Waals surface area contributed by atoms with E-state index in [4.69, 9.17) is 0 Å². The van der Waals surface area contributed by atoms with Gasteiger partial charge in [0, 0.05) is 36.7 Å². The first kappa shape index (κ1) is 12.9. The summed E-state index contributed by atoms with van der Waals surface area (Å²) in [7, 11) is 0. The van der Waals surface area contributed by atoms with E-state index in [0.717, 1.165) is 5.56 Å². The predicted octanol–water partition coefficient (Wildman–Crippen LogP) is 2.48. The number of aromatic hydroxyl groups is 1. The van der Waals surface area contributed by atoms with Crippen molar-refractivity contribution in [2.24, 2.45) is 0 Å². The Morgan fingerprint density at radius 2 is 2.15 bits per heavy atom. The summed E-state index contributed by atoms with van der Waals surface area (Å²) in [5.74, 6) is -2.91. The van der Waals surface area contributed by atoms with Gasteiger partial charge in [0.25, 0.3) is 11.8 Å². The maximum absolute atomic E-state index is 12.8. The molecule has 0 radical (unpaired) electrons. The Labute approximate surface area is 114 Å². The minimum Gasteiger partial charge on any atom is -0.508 e. The lowest BCUT2D eigenvalue weighted by atomic mass is 9.88. The average molecular weight is 280 g/mol. The van der Waals surface area contributed by atoms with E-state index >= 15 is 0 Å². The molecule has 0 aromatic carbocycles. The maximum Gasteiger partial charge on any atom is 0.268 e. The molecule has 0 bridgehead atoms. The van der Waals surface area contributed by atoms with Crippen LogP contribution in [0.1, 0.15) is 28.9 Å². The normalized spacial score (nSPS) is 17.9. The number of amides is 1. The summed E-state index contributed by atoms with van der Waals surface area (Å²) in [5.41, 5.74) is 1.83. The first-order chi connectivity index (χ1) is 9.35. The highest BCUT2D eigenvalue weighted by Crippen LogP contribution is 2.37. The molecule has 0 atom stereocenters. The molecule has 1 saturated carbocycles. The zero-order chi connectivity index (χ0) is 14.5. The van der Waals surface area contributed by atoms with E-state index in [-0.39, 0.29) is 24.5 Å². The molecule has 6 heteroatoms. The number of carbonyl (C=O) groups excluding carboxylic acids is 1. The van der Waals surface area contributed by atoms with Crippen molar-refractivity contribution < 1.29 is 18.7 Å². The standard InChI is InChI=1S/C14H14F2N2O2/c1-8-4-10-5-11(19)2-3-18(10)12(8)13(20)17-9-6-14(15,16)7-9/h2-5,9,19H,6-7H2,1H3,(H,17,20). The van der Waals surface area contributed by atoms with Crippen LogP contribution in [-0.2, 0) is 0 Å². The molecule has 1 aliphatic carbocycles. The van der Waals surface area contributed by atoms with Crippen molar-refractivity contribution in [1.29, 1.82) is 0 Å². The largest absolute Gasteiger partial charge is 0.508 e. The molecule has 3 rings (SSSR count). The molecule has 20 heavy (non-hydrogen) atoms. The van der Waals surface area contributed by atoms with Crippen molar-refractivity contribution >= 4 is 11.4 Å². The van der Waals surface area contributed by atoms with Gasteiger partial charge in [-0.15, -0.1) is 0 Å². The average Bonchev–Trinajstić information content (AvgIpc) is 2.61. The lowest BCUT2D eigenvalue weighted by Gasteiger charge is -2.35. The van der Waals surface area contributed by atoms with E-state index in [1.165, 1.54) is 6.07 Å². The van der Waals surface area contributed by atoms with Crippen molar-refractivity contribution in [3.8, 4) is 5.75 Å². The van der Waals surface area contributed by atoms with Gasteiger partial charge in [0.1, 0.15) is 11.4 Å². The molecular weight excluding hydrogens is 266 g/mol. The number of nitrogens with one attached hydrogen (secondary N) is 1. The Hall–Kier alpha value is -2.11. The molecule has 1 fully saturated rings. The summed E-state index contributed by atoms with van der Waals surface area (Å²) in [4.78, 5) is 12.2. The number of hydrogen-bond acceptors (Lipinski definition) is 2. The van der Waals surface area contributed by atoms with Crippen molar-refractivity contribution in [2.75, 3.05) is 0 Å². The third kappa shape index (κ3) is 2.11. The molecule has 0 spiro atoms. The van der Waals surface area contributed by atoms with Gasteiger partial charge in [-0.3, -0.25) is 4.79 Å². The summed E-state index contributed by atoms with van der Waals surface area (Å²) in [6, 6.07) is 4.31. The van der Waals surface area contributed by atoms with Crippen LogP contribution in [0.2, 0.25) is 0 Å². The molecule has 0 aliphatic heterocycles. The van der Waals surface area contributed by atoms with Crippen LogP contribution in [0.4, 0.5) is 8.78 Å². The first-order valence-corrected chi connectivity index (χ1v) is 6.35. The van der Waals surface area contributed by atoms with Gasteiger partial charge in [0.2, 0.25) is 0 Å². The number of hydrogen-bond donors (Lipinski definition) is 2. The number of aryl methyl sites for hydroxylation is 1. The van der Waals surface area contributed by atoms with E-state index in [0.29, 0.717) is 11.2 Å². The fourth-order valence-electron chi connectivity index (χ4n) is 2.61. The summed E-state index contributed by atoms with van der Waals surface area (Å²) in [6.07, 6.45) is 0.978. The second kappa shape index (κ2) is 4.19. The number of alkyl halides is 2. The zero-order valence-electron chi connectivity index (χ0n) is 10.9. The van der Waals surface area contributed by atoms with E-state index in [1.54, 1.807) is 29.7 Å². The number of pyridine rings is 1. The second-order valence-electron chi connectivity index (χ2n) is 5.29. The number of aromatic nitrogens is 1. The highest BCUT2D eigenvalue weighted by Gasteiger charge is 2.46. The fraction of sp³-hybridized carbons (Fsp3) is 0.357. The maximum atomic E-state index is 12.8. The molecule has 4 nitrogen and oxygen atoms in total. The Morgan fingerprint density at radius 3 is 2.80 bits per heavy atom. The SMILES string of the molecule is Cc1cc2cc(O)ccn2c1C(=O)NC1CC(F)(F)C1. The van der Waals surface area contributed by atoms with Crippen molar-refractivity contribution in [1.82, 2.24) is 9.72 Å². The van der Waals surface area contributed by atoms with Crippen LogP contribution in [0.5, 0.6) is 5.75 Å². The van der Waals surface area contributed by atoms with Crippen LogP contribution < -0.4 is 5.32 Å². The summed E-state index contributed by atoms with van der Waals surface area (Å²) < 4.78 is 27.2. The number of nitrogens with zero attached hydrogens (tertiary/aromatic N) is 1. The number of halogens is 2. The van der Waals surface area contributed by atoms with E-state index < -0.39 is 12.0 Å². The zero-order valence-corrected chi connectivity index (χ0v) is 10.9. The number of carbonyl (C=O) groups is 1. The Kier molecular flexibility index (Phi) is 2.70. The molecular formula is C14H14F2N2O2. The van der Waals surface area contributed by atoms with Gasteiger partial charge in [-0.1, -0.05) is 0 Å². The fourth-order valence-corrected chi connectivity index (χ4v) is 2.61. The van der Waals surface area contributed by atoms with E-state index in [9.17, 15) is 18.7 Å². The van der Waals surface area contributed by atoms with Gasteiger partial charge in [-0.05, 0) is 24.6 Å². The lowest BCUT2D eigenvalue weighted by molar-refractivity contribution is -0.0901. The van der Waals surface area contributed by atoms with Crippen molar-refractivity contribution in [2.45, 2.75) is 31.7 Å². The molecule has 1 aliphatic rings. The smallest absolute Gasteiger partial charge is 0.268 e. The molecule has 2 aromatic rings. The molecule has 2 heterocycles. The minimum atomic E-state index is -2.65. The van der Waals surface area contributed by atoms with Crippen molar-refractivity contribution in [3.63, 3.8) is 0 Å². The molecule has 106 valence electrons. The minimum absolute atomic E-state index is 0.112. The quantitative estimate of drug-likeness (QED) is 0.888. The molecule has 2 aromatic heterocycles. The third-order valence-corrected chi connectivity index (χ3v) is 3.59. The molecule has 2 N–H and O–H groups in total. The summed E-state index contributed by atoms with van der Waals surface area (Å²) in [6.45, 7) is 1.77. The molecule has 0 unspecified atom stereocenters. The Bertz CT molecular complexity index is 686. The molecule has 0 saturated heterocycles. The summed E-state index contributed by atoms with van der Waals surface area (Å²) in [5, 5.41) is 12.0. The van der Waals surface area contributed by atoms with Gasteiger partial charge < -0.3 is 14.8 Å². The van der Waals surface area contributed by atoms with Crippen LogP contribution in [0.15, 0.2) is 24.4 Å². The topological polar surface area (TPSA) is 53.7 Å². The Morgan fingerprint density at radius 1 is 1.45 bits per heavy atom. The highest BCUT2D eigenvalue weighted by atomic mass is 19.3. The van der Waals surface area contributed by atoms with E-state index in [2.05, 4.69) is 5.32 Å². The lowest BCUT2D eigenvalue weighted by Crippen LogP contribution is -2.50. The van der Waals surface area contributed by atoms with Crippen LogP contribution in [0.25, 0.3) is 5.52 Å². The molecule has 1 amide bonds. The van der Waals surface area contributed by atoms with Crippen LogP contribution in [0.3, 0.4) is 0 Å². The van der Waals surface area contributed by atoms with Gasteiger partial charge in [0.05, 0.1) is 0 Å². The van der Waals surface area contributed by atoms with Crippen LogP contribution in [-0.4, -0.2) is 27.4 Å². The number of rotatable bonds is 2. The van der Waals surface area contributed by atoms with Gasteiger partial charge in [-0.2, -0.15) is 0 Å². The Balaban J connectivity index is 1.86. The monoisotopic (exact) mass is 280 g/mol. The second-order valence-corrected chi connectivity index (χ2v) is 5.29. The van der Waals surface area contributed by atoms with Crippen LogP contribution >= 0.6 is 0 Å². The van der Waals surface area contributed by atoms with Gasteiger partial charge >= 0.3 is 0 Å². The van der Waals surface area contributed by atoms with E-state index in [1.807, 2.05) is 0 Å². The highest BCUT2D eigenvalue weighted by molar-refractivity contribution is 5.96. The third-order valence-electron chi connectivity index (χ3n) is 3.59. The number of fused-ring (bicyclic) bond motifs is 1.